The Morgan fingerprint density at radius 3 is 2.74 bits per heavy atom. The van der Waals surface area contributed by atoms with E-state index in [1.165, 1.54) is 19.3 Å². The fraction of sp³-hybridized carbons (Fsp3) is 0.625. The number of hydrogen-bond acceptors (Lipinski definition) is 4. The summed E-state index contributed by atoms with van der Waals surface area (Å²) in [7, 11) is -3.36. The molecule has 3 aliphatic rings. The average Bonchev–Trinajstić information content (AvgIpc) is 2.55. The molecule has 0 spiro atoms. The molecule has 1 fully saturated rings. The Morgan fingerprint density at radius 2 is 2.04 bits per heavy atom. The quantitative estimate of drug-likeness (QED) is 0.785. The molecule has 2 heterocycles. The lowest BCUT2D eigenvalue weighted by molar-refractivity contribution is -0.129. The van der Waals surface area contributed by atoms with Gasteiger partial charge in [0.05, 0.1) is 11.3 Å². The van der Waals surface area contributed by atoms with E-state index in [9.17, 15) is 13.2 Å². The van der Waals surface area contributed by atoms with Gasteiger partial charge in [-0.2, -0.15) is 0 Å². The van der Waals surface area contributed by atoms with Gasteiger partial charge in [0, 0.05) is 25.3 Å². The minimum Gasteiger partial charge on any atom is -0.336 e. The predicted molar refractivity (Wildman–Crippen MR) is 89.4 cm³/mol. The first-order valence-electron chi connectivity index (χ1n) is 8.30. The van der Waals surface area contributed by atoms with Crippen LogP contribution in [0.2, 0.25) is 0 Å². The first-order chi connectivity index (χ1) is 11.0. The number of carbonyl (C=O) groups is 1. The van der Waals surface area contributed by atoms with Crippen molar-refractivity contribution in [2.45, 2.75) is 45.1 Å². The van der Waals surface area contributed by atoms with Crippen molar-refractivity contribution >= 4 is 21.8 Å². The van der Waals surface area contributed by atoms with Gasteiger partial charge in [-0.15, -0.1) is 4.40 Å². The van der Waals surface area contributed by atoms with Crippen LogP contribution in [0.4, 0.5) is 0 Å². The van der Waals surface area contributed by atoms with Crippen molar-refractivity contribution < 1.29 is 13.2 Å². The molecular weight excluding hydrogens is 314 g/mol. The summed E-state index contributed by atoms with van der Waals surface area (Å²) in [5, 5.41) is 0. The first-order valence-corrected chi connectivity index (χ1v) is 9.91. The van der Waals surface area contributed by atoms with Crippen LogP contribution in [0, 0.1) is 0 Å². The molecule has 0 aromatic carbocycles. The zero-order chi connectivity index (χ0) is 16.4. The van der Waals surface area contributed by atoms with Crippen molar-refractivity contribution in [2.24, 2.45) is 4.40 Å². The molecule has 0 N–H and O–H groups in total. The van der Waals surface area contributed by atoms with E-state index in [1.807, 2.05) is 11.8 Å². The van der Waals surface area contributed by atoms with Crippen molar-refractivity contribution in [1.29, 1.82) is 0 Å². The normalized spacial score (nSPS) is 23.8. The van der Waals surface area contributed by atoms with Gasteiger partial charge in [-0.05, 0) is 31.9 Å². The summed E-state index contributed by atoms with van der Waals surface area (Å²) in [6.07, 6.45) is 10.8. The highest BCUT2D eigenvalue weighted by Crippen LogP contribution is 2.25. The molecule has 3 rings (SSSR count). The molecule has 1 saturated carbocycles. The molecule has 0 radical (unpaired) electrons. The van der Waals surface area contributed by atoms with Crippen LogP contribution in [0.3, 0.4) is 0 Å². The Labute approximate surface area is 137 Å². The third-order valence-corrected chi connectivity index (χ3v) is 5.85. The lowest BCUT2D eigenvalue weighted by Crippen LogP contribution is -2.43. The highest BCUT2D eigenvalue weighted by atomic mass is 32.2. The SMILES string of the molecule is CCN(C(=O)C1=CN2CCS(=O)(=O)N=C2C=C1)C1CCCCC1. The molecule has 0 unspecified atom stereocenters. The fourth-order valence-corrected chi connectivity index (χ4v) is 4.42. The molecule has 23 heavy (non-hydrogen) atoms. The number of hydrogen-bond donors (Lipinski definition) is 0. The van der Waals surface area contributed by atoms with Crippen LogP contribution in [-0.4, -0.2) is 54.8 Å². The molecule has 0 aromatic rings. The van der Waals surface area contributed by atoms with E-state index in [0.717, 1.165) is 12.8 Å². The van der Waals surface area contributed by atoms with Crippen LogP contribution in [0.25, 0.3) is 0 Å². The van der Waals surface area contributed by atoms with Gasteiger partial charge in [-0.1, -0.05) is 19.3 Å². The van der Waals surface area contributed by atoms with Gasteiger partial charge in [0.1, 0.15) is 5.84 Å². The molecule has 126 valence electrons. The summed E-state index contributed by atoms with van der Waals surface area (Å²) in [4.78, 5) is 16.6. The molecule has 0 atom stereocenters. The van der Waals surface area contributed by atoms with Crippen molar-refractivity contribution in [3.63, 3.8) is 0 Å². The molecule has 0 bridgehead atoms. The lowest BCUT2D eigenvalue weighted by atomic mass is 9.93. The van der Waals surface area contributed by atoms with E-state index in [1.54, 1.807) is 23.3 Å². The highest BCUT2D eigenvalue weighted by Gasteiger charge is 2.29. The first kappa shape index (κ1) is 16.2. The van der Waals surface area contributed by atoms with Gasteiger partial charge in [-0.3, -0.25) is 4.79 Å². The number of amides is 1. The van der Waals surface area contributed by atoms with E-state index in [4.69, 9.17) is 0 Å². The largest absolute Gasteiger partial charge is 0.336 e. The molecule has 1 amide bonds. The number of rotatable bonds is 3. The van der Waals surface area contributed by atoms with Crippen LogP contribution in [-0.2, 0) is 14.8 Å². The van der Waals surface area contributed by atoms with Crippen molar-refractivity contribution in [1.82, 2.24) is 9.80 Å². The monoisotopic (exact) mass is 337 g/mol. The van der Waals surface area contributed by atoms with Crippen molar-refractivity contribution in [3.8, 4) is 0 Å². The second kappa shape index (κ2) is 6.47. The van der Waals surface area contributed by atoms with Gasteiger partial charge >= 0.3 is 0 Å². The van der Waals surface area contributed by atoms with Crippen LogP contribution < -0.4 is 0 Å². The molecule has 1 aliphatic carbocycles. The van der Waals surface area contributed by atoms with Crippen LogP contribution in [0.15, 0.2) is 28.3 Å². The third kappa shape index (κ3) is 3.49. The smallest absolute Gasteiger partial charge is 0.256 e. The highest BCUT2D eigenvalue weighted by molar-refractivity contribution is 7.90. The van der Waals surface area contributed by atoms with Gasteiger partial charge in [-0.25, -0.2) is 8.42 Å². The third-order valence-electron chi connectivity index (χ3n) is 4.69. The number of sulfonamides is 1. The summed E-state index contributed by atoms with van der Waals surface area (Å²) in [6, 6.07) is 0.326. The average molecular weight is 337 g/mol. The van der Waals surface area contributed by atoms with Gasteiger partial charge in [0.15, 0.2) is 0 Å². The number of carbonyl (C=O) groups excluding carboxylic acids is 1. The lowest BCUT2D eigenvalue weighted by Gasteiger charge is -2.35. The van der Waals surface area contributed by atoms with E-state index in [2.05, 4.69) is 4.40 Å². The Hall–Kier alpha value is -1.63. The maximum absolute atomic E-state index is 12.9. The van der Waals surface area contributed by atoms with Crippen LogP contribution in [0.5, 0.6) is 0 Å². The summed E-state index contributed by atoms with van der Waals surface area (Å²) in [5.74, 6) is 0.416. The maximum Gasteiger partial charge on any atom is 0.256 e. The van der Waals surface area contributed by atoms with Gasteiger partial charge in [0.2, 0.25) is 0 Å². The number of nitrogens with zero attached hydrogens (tertiary/aromatic N) is 3. The second-order valence-electron chi connectivity index (χ2n) is 6.23. The number of amidine groups is 1. The minimum atomic E-state index is -3.36. The number of fused-ring (bicyclic) bond motifs is 1. The van der Waals surface area contributed by atoms with Crippen LogP contribution >= 0.6 is 0 Å². The summed E-state index contributed by atoms with van der Waals surface area (Å²) in [5.41, 5.74) is 0.607. The predicted octanol–water partition coefficient (Wildman–Crippen LogP) is 1.67. The molecule has 6 nitrogen and oxygen atoms in total. The van der Waals surface area contributed by atoms with Crippen LogP contribution in [0.1, 0.15) is 39.0 Å². The van der Waals surface area contributed by atoms with E-state index >= 15 is 0 Å². The Kier molecular flexibility index (Phi) is 4.57. The molecule has 7 heteroatoms. The van der Waals surface area contributed by atoms with Gasteiger partial charge in [0.25, 0.3) is 15.9 Å². The van der Waals surface area contributed by atoms with E-state index in [-0.39, 0.29) is 11.7 Å². The zero-order valence-corrected chi connectivity index (χ0v) is 14.3. The molecular formula is C16H23N3O3S. The maximum atomic E-state index is 12.9. The van der Waals surface area contributed by atoms with Gasteiger partial charge < -0.3 is 9.80 Å². The second-order valence-corrected chi connectivity index (χ2v) is 7.98. The minimum absolute atomic E-state index is 0.0115. The standard InChI is InChI=1S/C16H23N3O3S/c1-2-19(14-6-4-3-5-7-14)16(20)13-8-9-15-17-23(21,22)11-10-18(15)12-13/h8-9,12,14H,2-7,10-11H2,1H3. The van der Waals surface area contributed by atoms with Crippen molar-refractivity contribution in [3.05, 3.63) is 23.9 Å². The summed E-state index contributed by atoms with van der Waals surface area (Å²) >= 11 is 0. The van der Waals surface area contributed by atoms with E-state index < -0.39 is 10.0 Å². The summed E-state index contributed by atoms with van der Waals surface area (Å²) < 4.78 is 26.8. The zero-order valence-electron chi connectivity index (χ0n) is 13.4. The van der Waals surface area contributed by atoms with E-state index in [0.29, 0.717) is 30.5 Å². The Balaban J connectivity index is 1.78. The topological polar surface area (TPSA) is 70.1 Å². The summed E-state index contributed by atoms with van der Waals surface area (Å²) in [6.45, 7) is 3.06. The molecule has 2 aliphatic heterocycles. The van der Waals surface area contributed by atoms with Crippen molar-refractivity contribution in [2.75, 3.05) is 18.8 Å². The Morgan fingerprint density at radius 1 is 1.30 bits per heavy atom. The molecule has 0 saturated heterocycles. The molecule has 0 aromatic heterocycles. The number of likely N-dealkylation sites (N-methyl/N-ethyl adjacent to an activating group) is 1. The fourth-order valence-electron chi connectivity index (χ4n) is 3.45. The Bertz CT molecular complexity index is 673.